The number of carbonyl (C=O) groups excluding carboxylic acids is 1. The van der Waals surface area contributed by atoms with Crippen molar-refractivity contribution in [2.24, 2.45) is 0 Å². The number of hydrogen-bond donors (Lipinski definition) is 0. The molecule has 0 heterocycles. The maximum Gasteiger partial charge on any atom is 0.340 e. The number of rotatable bonds is 6. The van der Waals surface area contributed by atoms with Gasteiger partial charge in [0, 0.05) is 18.4 Å². The highest BCUT2D eigenvalue weighted by Gasteiger charge is 2.27. The Morgan fingerprint density at radius 1 is 0.769 bits per heavy atom. The molecule has 0 N–H and O–H groups in total. The lowest BCUT2D eigenvalue weighted by atomic mass is 9.88. The van der Waals surface area contributed by atoms with Gasteiger partial charge in [-0.15, -0.1) is 0 Å². The predicted octanol–water partition coefficient (Wildman–Crippen LogP) is 6.62. The van der Waals surface area contributed by atoms with E-state index in [0.717, 1.165) is 75.5 Å². The second-order valence-electron chi connectivity index (χ2n) is 7.98. The van der Waals surface area contributed by atoms with Gasteiger partial charge < -0.3 is 4.74 Å². The van der Waals surface area contributed by atoms with Crippen LogP contribution in [0.3, 0.4) is 0 Å². The second kappa shape index (κ2) is 8.24. The summed E-state index contributed by atoms with van der Waals surface area (Å²) in [6.45, 7) is 0. The molecule has 4 rings (SSSR count). The minimum atomic E-state index is -0.0958. The first-order valence-electron chi connectivity index (χ1n) is 10.5. The second-order valence-corrected chi connectivity index (χ2v) is 7.98. The summed E-state index contributed by atoms with van der Waals surface area (Å²) in [5.41, 5.74) is 6.38. The SMILES string of the molecule is O=C(OC1=CCCC1)C(CC1=CCCC1)=C(C1=CCCC1)C1=CCCC1. The molecule has 0 aliphatic heterocycles. The summed E-state index contributed by atoms with van der Waals surface area (Å²) in [5.74, 6) is 0.787. The van der Waals surface area contributed by atoms with Gasteiger partial charge in [-0.05, 0) is 93.4 Å². The molecule has 0 aromatic rings. The summed E-state index contributed by atoms with van der Waals surface area (Å²) < 4.78 is 5.87. The molecule has 0 saturated carbocycles. The zero-order valence-corrected chi connectivity index (χ0v) is 15.8. The lowest BCUT2D eigenvalue weighted by molar-refractivity contribution is -0.135. The molecule has 0 aromatic carbocycles. The summed E-state index contributed by atoms with van der Waals surface area (Å²) in [6.07, 6.45) is 23.4. The van der Waals surface area contributed by atoms with Crippen molar-refractivity contribution in [1.29, 1.82) is 0 Å². The molecular formula is C24H30O2. The molecule has 0 saturated heterocycles. The fourth-order valence-electron chi connectivity index (χ4n) is 4.69. The van der Waals surface area contributed by atoms with Crippen LogP contribution in [0, 0.1) is 0 Å². The topological polar surface area (TPSA) is 26.3 Å². The van der Waals surface area contributed by atoms with Crippen molar-refractivity contribution in [2.45, 2.75) is 83.5 Å². The van der Waals surface area contributed by atoms with Crippen LogP contribution < -0.4 is 0 Å². The van der Waals surface area contributed by atoms with Gasteiger partial charge in [0.1, 0.15) is 5.76 Å². The third-order valence-corrected chi connectivity index (χ3v) is 6.03. The molecule has 0 bridgehead atoms. The minimum Gasteiger partial charge on any atom is -0.428 e. The van der Waals surface area contributed by atoms with Crippen molar-refractivity contribution in [3.63, 3.8) is 0 Å². The van der Waals surface area contributed by atoms with Crippen molar-refractivity contribution in [3.05, 3.63) is 57.9 Å². The van der Waals surface area contributed by atoms with Gasteiger partial charge in [0.2, 0.25) is 0 Å². The Kier molecular flexibility index (Phi) is 5.57. The van der Waals surface area contributed by atoms with Gasteiger partial charge in [0.15, 0.2) is 0 Å². The average Bonchev–Trinajstić information content (AvgIpc) is 3.42. The van der Waals surface area contributed by atoms with Crippen LogP contribution in [0.4, 0.5) is 0 Å². The van der Waals surface area contributed by atoms with Gasteiger partial charge >= 0.3 is 5.97 Å². The molecule has 0 aromatic heterocycles. The van der Waals surface area contributed by atoms with E-state index in [-0.39, 0.29) is 5.97 Å². The predicted molar refractivity (Wildman–Crippen MR) is 105 cm³/mol. The molecule has 2 nitrogen and oxygen atoms in total. The van der Waals surface area contributed by atoms with Gasteiger partial charge in [-0.3, -0.25) is 0 Å². The maximum absolute atomic E-state index is 13.2. The Morgan fingerprint density at radius 3 is 1.92 bits per heavy atom. The molecule has 0 amide bonds. The Labute approximate surface area is 157 Å². The molecule has 0 atom stereocenters. The quantitative estimate of drug-likeness (QED) is 0.306. The maximum atomic E-state index is 13.2. The van der Waals surface area contributed by atoms with Crippen LogP contribution >= 0.6 is 0 Å². The first-order valence-corrected chi connectivity index (χ1v) is 10.5. The van der Waals surface area contributed by atoms with Crippen molar-refractivity contribution in [3.8, 4) is 0 Å². The lowest BCUT2D eigenvalue weighted by Gasteiger charge is -2.18. The minimum absolute atomic E-state index is 0.0958. The van der Waals surface area contributed by atoms with Gasteiger partial charge in [-0.1, -0.05) is 23.8 Å². The average molecular weight is 351 g/mol. The van der Waals surface area contributed by atoms with Crippen LogP contribution in [-0.2, 0) is 9.53 Å². The first kappa shape index (κ1) is 17.6. The van der Waals surface area contributed by atoms with Crippen LogP contribution in [0.15, 0.2) is 57.9 Å². The Balaban J connectivity index is 1.71. The van der Waals surface area contributed by atoms with E-state index in [1.165, 1.54) is 41.6 Å². The third kappa shape index (κ3) is 3.95. The highest BCUT2D eigenvalue weighted by Crippen LogP contribution is 2.40. The van der Waals surface area contributed by atoms with Crippen LogP contribution in [-0.4, -0.2) is 5.97 Å². The number of allylic oxidation sites excluding steroid dienone is 9. The highest BCUT2D eigenvalue weighted by molar-refractivity contribution is 5.93. The van der Waals surface area contributed by atoms with Crippen molar-refractivity contribution >= 4 is 5.97 Å². The molecule has 0 spiro atoms. The van der Waals surface area contributed by atoms with E-state index in [1.807, 2.05) is 0 Å². The van der Waals surface area contributed by atoms with Gasteiger partial charge in [-0.2, -0.15) is 0 Å². The molecule has 26 heavy (non-hydrogen) atoms. The molecular weight excluding hydrogens is 320 g/mol. The molecule has 4 aliphatic carbocycles. The largest absolute Gasteiger partial charge is 0.428 e. The van der Waals surface area contributed by atoms with E-state index in [1.54, 1.807) is 0 Å². The van der Waals surface area contributed by atoms with Gasteiger partial charge in [0.25, 0.3) is 0 Å². The molecule has 2 heteroatoms. The smallest absolute Gasteiger partial charge is 0.340 e. The number of ether oxygens (including phenoxy) is 1. The van der Waals surface area contributed by atoms with Crippen LogP contribution in [0.2, 0.25) is 0 Å². The van der Waals surface area contributed by atoms with Crippen molar-refractivity contribution in [2.75, 3.05) is 0 Å². The highest BCUT2D eigenvalue weighted by atomic mass is 16.5. The molecule has 0 unspecified atom stereocenters. The van der Waals surface area contributed by atoms with E-state index in [4.69, 9.17) is 4.74 Å². The summed E-state index contributed by atoms with van der Waals surface area (Å²) in [4.78, 5) is 13.2. The van der Waals surface area contributed by atoms with Gasteiger partial charge in [0.05, 0.1) is 0 Å². The van der Waals surface area contributed by atoms with E-state index >= 15 is 0 Å². The summed E-state index contributed by atoms with van der Waals surface area (Å²) in [5, 5.41) is 0. The van der Waals surface area contributed by atoms with E-state index in [9.17, 15) is 4.79 Å². The van der Waals surface area contributed by atoms with Gasteiger partial charge in [-0.25, -0.2) is 4.79 Å². The summed E-state index contributed by atoms with van der Waals surface area (Å²) in [6, 6.07) is 0. The first-order chi connectivity index (χ1) is 12.8. The Hall–Kier alpha value is -1.83. The lowest BCUT2D eigenvalue weighted by Crippen LogP contribution is -2.12. The molecule has 138 valence electrons. The monoisotopic (exact) mass is 350 g/mol. The fourth-order valence-corrected chi connectivity index (χ4v) is 4.69. The Morgan fingerprint density at radius 2 is 1.38 bits per heavy atom. The number of hydrogen-bond acceptors (Lipinski definition) is 2. The fraction of sp³-hybridized carbons (Fsp3) is 0.542. The van der Waals surface area contributed by atoms with E-state index < -0.39 is 0 Å². The number of carbonyl (C=O) groups is 1. The van der Waals surface area contributed by atoms with Crippen LogP contribution in [0.5, 0.6) is 0 Å². The third-order valence-electron chi connectivity index (χ3n) is 6.03. The van der Waals surface area contributed by atoms with E-state index in [2.05, 4.69) is 24.3 Å². The van der Waals surface area contributed by atoms with Crippen molar-refractivity contribution < 1.29 is 9.53 Å². The van der Waals surface area contributed by atoms with Crippen LogP contribution in [0.1, 0.15) is 83.5 Å². The molecule has 0 fully saturated rings. The van der Waals surface area contributed by atoms with E-state index in [0.29, 0.717) is 0 Å². The standard InChI is InChI=1S/C24H30O2/c25-24(26-21-15-7-8-16-21)22(17-18-9-1-2-10-18)23(19-11-3-4-12-19)20-13-5-6-14-20/h9,11,13,15H,1-8,10,12,14,16-17H2. The Bertz CT molecular complexity index is 701. The summed E-state index contributed by atoms with van der Waals surface area (Å²) >= 11 is 0. The summed E-state index contributed by atoms with van der Waals surface area (Å²) in [7, 11) is 0. The number of esters is 1. The van der Waals surface area contributed by atoms with Crippen LogP contribution in [0.25, 0.3) is 0 Å². The molecule has 0 radical (unpaired) electrons. The van der Waals surface area contributed by atoms with Crippen molar-refractivity contribution in [1.82, 2.24) is 0 Å². The molecule has 4 aliphatic rings. The zero-order valence-electron chi connectivity index (χ0n) is 15.8. The normalized spacial score (nSPS) is 22.0. The zero-order chi connectivity index (χ0) is 17.8.